The Kier molecular flexibility index (Phi) is 1.99. The van der Waals surface area contributed by atoms with Crippen LogP contribution in [-0.2, 0) is 6.42 Å². The second-order valence-electron chi connectivity index (χ2n) is 3.07. The number of nitrogens with one attached hydrogen (secondary N) is 1. The maximum atomic E-state index is 10.7. The van der Waals surface area contributed by atoms with Crippen LogP contribution in [0.25, 0.3) is 0 Å². The summed E-state index contributed by atoms with van der Waals surface area (Å²) in [5.74, 6) is 0.718. The molecule has 74 valence electrons. The molecule has 0 spiro atoms. The van der Waals surface area contributed by atoms with Crippen molar-refractivity contribution in [3.8, 4) is 5.75 Å². The van der Waals surface area contributed by atoms with E-state index in [1.54, 1.807) is 13.2 Å². The third-order valence-electron chi connectivity index (χ3n) is 2.34. The van der Waals surface area contributed by atoms with Crippen molar-refractivity contribution in [1.82, 2.24) is 0 Å². The van der Waals surface area contributed by atoms with E-state index < -0.39 is 0 Å². The number of methoxy groups -OCH3 is 1. The van der Waals surface area contributed by atoms with E-state index in [0.29, 0.717) is 5.69 Å². The first-order chi connectivity index (χ1) is 6.74. The van der Waals surface area contributed by atoms with E-state index in [1.165, 1.54) is 6.07 Å². The van der Waals surface area contributed by atoms with Gasteiger partial charge in [0.2, 0.25) is 0 Å². The molecule has 0 fully saturated rings. The fourth-order valence-corrected chi connectivity index (χ4v) is 1.72. The number of hydrogen-bond acceptors (Lipinski definition) is 4. The molecule has 5 heteroatoms. The lowest BCUT2D eigenvalue weighted by molar-refractivity contribution is -0.383. The zero-order chi connectivity index (χ0) is 10.1. The number of anilines is 1. The van der Waals surface area contributed by atoms with E-state index in [1.807, 2.05) is 0 Å². The van der Waals surface area contributed by atoms with Gasteiger partial charge in [-0.1, -0.05) is 0 Å². The number of fused-ring (bicyclic) bond motifs is 1. The van der Waals surface area contributed by atoms with E-state index in [9.17, 15) is 10.1 Å². The molecule has 0 saturated heterocycles. The van der Waals surface area contributed by atoms with Gasteiger partial charge in [-0.15, -0.1) is 0 Å². The van der Waals surface area contributed by atoms with Gasteiger partial charge in [0.1, 0.15) is 11.4 Å². The first kappa shape index (κ1) is 8.80. The van der Waals surface area contributed by atoms with Crippen LogP contribution in [0.3, 0.4) is 0 Å². The second-order valence-corrected chi connectivity index (χ2v) is 3.07. The van der Waals surface area contributed by atoms with E-state index in [4.69, 9.17) is 4.74 Å². The minimum Gasteiger partial charge on any atom is -0.496 e. The summed E-state index contributed by atoms with van der Waals surface area (Å²) >= 11 is 0. The molecule has 0 aromatic heterocycles. The second kappa shape index (κ2) is 3.17. The Morgan fingerprint density at radius 1 is 1.57 bits per heavy atom. The van der Waals surface area contributed by atoms with Gasteiger partial charge in [0.25, 0.3) is 5.69 Å². The SMILES string of the molecule is COc1ccc([N+](=O)[O-])c2c1CCN2. The monoisotopic (exact) mass is 194 g/mol. The van der Waals surface area contributed by atoms with Crippen LogP contribution in [0.2, 0.25) is 0 Å². The minimum absolute atomic E-state index is 0.123. The number of benzene rings is 1. The molecule has 1 heterocycles. The molecular weight excluding hydrogens is 184 g/mol. The fraction of sp³-hybridized carbons (Fsp3) is 0.333. The van der Waals surface area contributed by atoms with Crippen molar-refractivity contribution in [2.24, 2.45) is 0 Å². The molecule has 0 radical (unpaired) electrons. The molecule has 14 heavy (non-hydrogen) atoms. The molecule has 1 aromatic rings. The van der Waals surface area contributed by atoms with Gasteiger partial charge >= 0.3 is 0 Å². The standard InChI is InChI=1S/C9H10N2O3/c1-14-8-3-2-7(11(12)13)9-6(8)4-5-10-9/h2-3,10H,4-5H2,1H3. The molecule has 1 aliphatic rings. The van der Waals surface area contributed by atoms with Gasteiger partial charge in [-0.25, -0.2) is 0 Å². The molecule has 0 aliphatic carbocycles. The zero-order valence-electron chi connectivity index (χ0n) is 7.74. The van der Waals surface area contributed by atoms with Gasteiger partial charge in [-0.2, -0.15) is 0 Å². The summed E-state index contributed by atoms with van der Waals surface area (Å²) in [6.45, 7) is 0.733. The highest BCUT2D eigenvalue weighted by Gasteiger charge is 2.24. The Morgan fingerprint density at radius 3 is 3.00 bits per heavy atom. The summed E-state index contributed by atoms with van der Waals surface area (Å²) in [5, 5.41) is 13.7. The van der Waals surface area contributed by atoms with Crippen LogP contribution in [0, 0.1) is 10.1 Å². The first-order valence-electron chi connectivity index (χ1n) is 4.32. The predicted octanol–water partition coefficient (Wildman–Crippen LogP) is 1.57. The summed E-state index contributed by atoms with van der Waals surface area (Å²) < 4.78 is 5.13. The molecule has 1 aliphatic heterocycles. The Bertz CT molecular complexity index is 390. The molecule has 0 amide bonds. The van der Waals surface area contributed by atoms with Crippen molar-refractivity contribution in [2.75, 3.05) is 19.0 Å². The van der Waals surface area contributed by atoms with E-state index in [2.05, 4.69) is 5.32 Å². The summed E-state index contributed by atoms with van der Waals surface area (Å²) in [6.07, 6.45) is 0.778. The van der Waals surface area contributed by atoms with Crippen molar-refractivity contribution < 1.29 is 9.66 Å². The average Bonchev–Trinajstić information content (AvgIpc) is 2.64. The molecule has 0 bridgehead atoms. The van der Waals surface area contributed by atoms with Crippen LogP contribution in [0.4, 0.5) is 11.4 Å². The Hall–Kier alpha value is -1.78. The number of nitro benzene ring substituents is 1. The summed E-state index contributed by atoms with van der Waals surface area (Å²) in [6, 6.07) is 3.11. The smallest absolute Gasteiger partial charge is 0.292 e. The zero-order valence-corrected chi connectivity index (χ0v) is 7.74. The van der Waals surface area contributed by atoms with Gasteiger partial charge in [-0.3, -0.25) is 10.1 Å². The van der Waals surface area contributed by atoms with Crippen LogP contribution in [-0.4, -0.2) is 18.6 Å². The Morgan fingerprint density at radius 2 is 2.36 bits per heavy atom. The first-order valence-corrected chi connectivity index (χ1v) is 4.32. The molecule has 0 saturated carbocycles. The maximum absolute atomic E-state index is 10.7. The molecule has 0 atom stereocenters. The summed E-state index contributed by atoms with van der Waals surface area (Å²) in [5.41, 5.74) is 1.63. The van der Waals surface area contributed by atoms with Crippen LogP contribution >= 0.6 is 0 Å². The molecule has 2 rings (SSSR count). The van der Waals surface area contributed by atoms with E-state index in [0.717, 1.165) is 24.3 Å². The quantitative estimate of drug-likeness (QED) is 0.573. The number of rotatable bonds is 2. The molecule has 1 N–H and O–H groups in total. The van der Waals surface area contributed by atoms with Crippen molar-refractivity contribution >= 4 is 11.4 Å². The predicted molar refractivity (Wildman–Crippen MR) is 51.8 cm³/mol. The fourth-order valence-electron chi connectivity index (χ4n) is 1.72. The average molecular weight is 194 g/mol. The Balaban J connectivity index is 2.58. The number of nitrogens with zero attached hydrogens (tertiary/aromatic N) is 1. The number of nitro groups is 1. The number of ether oxygens (including phenoxy) is 1. The molecule has 5 nitrogen and oxygen atoms in total. The molecule has 0 unspecified atom stereocenters. The van der Waals surface area contributed by atoms with Crippen molar-refractivity contribution in [1.29, 1.82) is 0 Å². The summed E-state index contributed by atoms with van der Waals surface area (Å²) in [7, 11) is 1.57. The van der Waals surface area contributed by atoms with Crippen LogP contribution in [0.1, 0.15) is 5.56 Å². The third kappa shape index (κ3) is 1.17. The molecular formula is C9H10N2O3. The number of hydrogen-bond donors (Lipinski definition) is 1. The topological polar surface area (TPSA) is 64.4 Å². The minimum atomic E-state index is -0.378. The lowest BCUT2D eigenvalue weighted by Gasteiger charge is -2.06. The van der Waals surface area contributed by atoms with Gasteiger partial charge in [-0.05, 0) is 12.5 Å². The Labute approximate surface area is 80.8 Å². The van der Waals surface area contributed by atoms with Gasteiger partial charge in [0, 0.05) is 18.2 Å². The third-order valence-corrected chi connectivity index (χ3v) is 2.34. The van der Waals surface area contributed by atoms with Crippen molar-refractivity contribution in [2.45, 2.75) is 6.42 Å². The van der Waals surface area contributed by atoms with Gasteiger partial charge in [0.05, 0.1) is 12.0 Å². The van der Waals surface area contributed by atoms with Crippen LogP contribution in [0.5, 0.6) is 5.75 Å². The van der Waals surface area contributed by atoms with Gasteiger partial charge in [0.15, 0.2) is 0 Å². The van der Waals surface area contributed by atoms with Crippen LogP contribution in [0.15, 0.2) is 12.1 Å². The lowest BCUT2D eigenvalue weighted by Crippen LogP contribution is -1.97. The highest BCUT2D eigenvalue weighted by Crippen LogP contribution is 2.38. The van der Waals surface area contributed by atoms with E-state index >= 15 is 0 Å². The highest BCUT2D eigenvalue weighted by atomic mass is 16.6. The molecule has 1 aromatic carbocycles. The summed E-state index contributed by atoms with van der Waals surface area (Å²) in [4.78, 5) is 10.3. The van der Waals surface area contributed by atoms with Gasteiger partial charge < -0.3 is 10.1 Å². The maximum Gasteiger partial charge on any atom is 0.292 e. The lowest BCUT2D eigenvalue weighted by atomic mass is 10.1. The van der Waals surface area contributed by atoms with E-state index in [-0.39, 0.29) is 10.6 Å². The van der Waals surface area contributed by atoms with Crippen molar-refractivity contribution in [3.05, 3.63) is 27.8 Å². The largest absolute Gasteiger partial charge is 0.496 e. The van der Waals surface area contributed by atoms with Crippen LogP contribution < -0.4 is 10.1 Å². The van der Waals surface area contributed by atoms with Crippen molar-refractivity contribution in [3.63, 3.8) is 0 Å². The normalized spacial score (nSPS) is 13.2. The highest BCUT2D eigenvalue weighted by molar-refractivity contribution is 5.72.